The van der Waals surface area contributed by atoms with Crippen LogP contribution in [0.15, 0.2) is 35.3 Å². The largest absolute Gasteiger partial charge is 0.370 e. The number of hydrogen-bond acceptors (Lipinski definition) is 6. The molecule has 6 N–H and O–H groups in total. The van der Waals surface area contributed by atoms with E-state index in [-0.39, 0.29) is 18.9 Å². The van der Waals surface area contributed by atoms with Crippen molar-refractivity contribution in [1.82, 2.24) is 10.7 Å². The molecule has 0 heterocycles. The SMILES string of the molecule is CCOC(OCC)[C@H](Cc1ccccc1)NC(=O)[C@H](CCCN=C(N)N)N[N+](=O)[O-]. The Kier molecular flexibility index (Phi) is 11.8. The van der Waals surface area contributed by atoms with Crippen LogP contribution in [0, 0.1) is 10.1 Å². The number of rotatable bonds is 15. The third-order valence-electron chi connectivity index (χ3n) is 4.14. The van der Waals surface area contributed by atoms with E-state index in [1.165, 1.54) is 0 Å². The minimum Gasteiger partial charge on any atom is -0.370 e. The number of guanidine groups is 1. The highest BCUT2D eigenvalue weighted by atomic mass is 16.7. The molecule has 0 bridgehead atoms. The average molecular weight is 425 g/mol. The first-order valence-electron chi connectivity index (χ1n) is 9.90. The molecule has 168 valence electrons. The topological polar surface area (TPSA) is 167 Å². The van der Waals surface area contributed by atoms with Crippen molar-refractivity contribution in [3.05, 3.63) is 46.0 Å². The van der Waals surface area contributed by atoms with Crippen molar-refractivity contribution in [3.8, 4) is 0 Å². The molecule has 0 aromatic heterocycles. The summed E-state index contributed by atoms with van der Waals surface area (Å²) in [7, 11) is 0. The molecule has 0 radical (unpaired) electrons. The van der Waals surface area contributed by atoms with Crippen LogP contribution < -0.4 is 22.2 Å². The second-order valence-electron chi connectivity index (χ2n) is 6.47. The number of carbonyl (C=O) groups excluding carboxylic acids is 1. The van der Waals surface area contributed by atoms with Crippen LogP contribution in [0.4, 0.5) is 0 Å². The van der Waals surface area contributed by atoms with Crippen molar-refractivity contribution in [1.29, 1.82) is 0 Å². The molecule has 0 aliphatic carbocycles. The maximum atomic E-state index is 12.8. The van der Waals surface area contributed by atoms with Crippen LogP contribution in [0.3, 0.4) is 0 Å². The molecule has 1 rings (SSSR count). The highest BCUT2D eigenvalue weighted by molar-refractivity contribution is 5.82. The van der Waals surface area contributed by atoms with Crippen LogP contribution in [-0.4, -0.2) is 55.0 Å². The van der Waals surface area contributed by atoms with Crippen LogP contribution in [0.1, 0.15) is 32.3 Å². The average Bonchev–Trinajstić information content (AvgIpc) is 2.70. The Morgan fingerprint density at radius 2 is 1.83 bits per heavy atom. The predicted molar refractivity (Wildman–Crippen MR) is 113 cm³/mol. The monoisotopic (exact) mass is 424 g/mol. The first kappa shape index (κ1) is 25.1. The second-order valence-corrected chi connectivity index (χ2v) is 6.47. The molecule has 11 heteroatoms. The Morgan fingerprint density at radius 3 is 2.37 bits per heavy atom. The number of hydrazine groups is 1. The zero-order valence-electron chi connectivity index (χ0n) is 17.5. The molecule has 0 aliphatic rings. The van der Waals surface area contributed by atoms with Gasteiger partial charge in [-0.3, -0.25) is 9.79 Å². The van der Waals surface area contributed by atoms with Gasteiger partial charge in [-0.05, 0) is 38.7 Å². The van der Waals surface area contributed by atoms with E-state index in [9.17, 15) is 14.9 Å². The Hall–Kier alpha value is -2.92. The zero-order chi connectivity index (χ0) is 22.4. The predicted octanol–water partition coefficient (Wildman–Crippen LogP) is 0.317. The summed E-state index contributed by atoms with van der Waals surface area (Å²) in [5.74, 6) is -0.598. The highest BCUT2D eigenvalue weighted by Crippen LogP contribution is 2.12. The minimum absolute atomic E-state index is 0.0718. The summed E-state index contributed by atoms with van der Waals surface area (Å²) >= 11 is 0. The van der Waals surface area contributed by atoms with Gasteiger partial charge in [0.25, 0.3) is 0 Å². The fourth-order valence-electron chi connectivity index (χ4n) is 2.86. The number of nitrogens with one attached hydrogen (secondary N) is 2. The summed E-state index contributed by atoms with van der Waals surface area (Å²) in [5.41, 5.74) is 13.6. The number of carbonyl (C=O) groups is 1. The first-order valence-corrected chi connectivity index (χ1v) is 9.90. The van der Waals surface area contributed by atoms with E-state index in [1.54, 1.807) is 0 Å². The molecule has 0 saturated carbocycles. The highest BCUT2D eigenvalue weighted by Gasteiger charge is 2.29. The van der Waals surface area contributed by atoms with E-state index in [0.29, 0.717) is 26.1 Å². The number of nitrogens with two attached hydrogens (primary N) is 2. The molecule has 1 aromatic rings. The lowest BCUT2D eigenvalue weighted by Crippen LogP contribution is -2.54. The lowest BCUT2D eigenvalue weighted by atomic mass is 10.0. The Balaban J connectivity index is 2.92. The van der Waals surface area contributed by atoms with Crippen LogP contribution in [0.2, 0.25) is 0 Å². The minimum atomic E-state index is -1.06. The van der Waals surface area contributed by atoms with E-state index < -0.39 is 29.3 Å². The van der Waals surface area contributed by atoms with Crippen molar-refractivity contribution in [2.75, 3.05) is 19.8 Å². The van der Waals surface area contributed by atoms with Gasteiger partial charge >= 0.3 is 0 Å². The lowest BCUT2D eigenvalue weighted by molar-refractivity contribution is -0.548. The summed E-state index contributed by atoms with van der Waals surface area (Å²) in [6, 6.07) is 7.95. The maximum absolute atomic E-state index is 12.8. The molecular formula is C19H32N6O5. The molecule has 0 spiro atoms. The number of aliphatic imine (C=N–C) groups is 1. The van der Waals surface area contributed by atoms with Gasteiger partial charge in [0.1, 0.15) is 0 Å². The third kappa shape index (κ3) is 10.0. The normalized spacial score (nSPS) is 12.8. The van der Waals surface area contributed by atoms with Crippen LogP contribution in [0.5, 0.6) is 0 Å². The molecule has 0 fully saturated rings. The van der Waals surface area contributed by atoms with E-state index in [0.717, 1.165) is 5.56 Å². The van der Waals surface area contributed by atoms with Gasteiger partial charge in [0.15, 0.2) is 23.3 Å². The molecule has 30 heavy (non-hydrogen) atoms. The number of amides is 1. The van der Waals surface area contributed by atoms with Gasteiger partial charge in [-0.25, -0.2) is 10.1 Å². The van der Waals surface area contributed by atoms with Crippen molar-refractivity contribution >= 4 is 11.9 Å². The van der Waals surface area contributed by atoms with Crippen LogP contribution in [-0.2, 0) is 20.7 Å². The maximum Gasteiger partial charge on any atom is 0.248 e. The molecule has 11 nitrogen and oxygen atoms in total. The number of benzene rings is 1. The van der Waals surface area contributed by atoms with Gasteiger partial charge in [0.2, 0.25) is 5.91 Å². The van der Waals surface area contributed by atoms with Gasteiger partial charge in [0.05, 0.1) is 6.04 Å². The standard InChI is InChI=1S/C19H32N6O5/c1-3-29-18(30-4-2)16(13-14-9-6-5-7-10-14)23-17(26)15(24-25(27)28)11-8-12-22-19(20)21/h5-7,9-10,15-16,18,24H,3-4,8,11-13H2,1-2H3,(H,23,26)(H4,20,21,22)/t15-,16-/m0/s1. The molecule has 0 saturated heterocycles. The van der Waals surface area contributed by atoms with Gasteiger partial charge in [-0.1, -0.05) is 30.3 Å². The van der Waals surface area contributed by atoms with Crippen molar-refractivity contribution in [2.24, 2.45) is 16.5 Å². The van der Waals surface area contributed by atoms with Gasteiger partial charge in [-0.15, -0.1) is 5.43 Å². The number of hydrogen-bond donors (Lipinski definition) is 4. The van der Waals surface area contributed by atoms with E-state index in [4.69, 9.17) is 20.9 Å². The number of nitro groups is 1. The smallest absolute Gasteiger partial charge is 0.248 e. The molecule has 0 unspecified atom stereocenters. The number of nitrogens with zero attached hydrogens (tertiary/aromatic N) is 2. The second kappa shape index (κ2) is 14.1. The molecule has 0 aliphatic heterocycles. The summed E-state index contributed by atoms with van der Waals surface area (Å²) < 4.78 is 11.3. The van der Waals surface area contributed by atoms with Crippen molar-refractivity contribution < 1.29 is 19.3 Å². The molecule has 2 atom stereocenters. The Bertz CT molecular complexity index is 663. The summed E-state index contributed by atoms with van der Waals surface area (Å²) in [5, 5.41) is 13.1. The van der Waals surface area contributed by atoms with E-state index >= 15 is 0 Å². The number of ether oxygens (including phenoxy) is 2. The van der Waals surface area contributed by atoms with Crippen molar-refractivity contribution in [2.45, 2.75) is 51.5 Å². The molecular weight excluding hydrogens is 392 g/mol. The Morgan fingerprint density at radius 1 is 1.20 bits per heavy atom. The van der Waals surface area contributed by atoms with E-state index in [2.05, 4.69) is 15.7 Å². The summed E-state index contributed by atoms with van der Waals surface area (Å²) in [6.07, 6.45) is 0.314. The summed E-state index contributed by atoms with van der Waals surface area (Å²) in [4.78, 5) is 27.6. The van der Waals surface area contributed by atoms with Crippen LogP contribution in [0.25, 0.3) is 0 Å². The van der Waals surface area contributed by atoms with Gasteiger partial charge < -0.3 is 26.3 Å². The van der Waals surface area contributed by atoms with Crippen molar-refractivity contribution in [3.63, 3.8) is 0 Å². The summed E-state index contributed by atoms with van der Waals surface area (Å²) in [6.45, 7) is 4.70. The molecule has 1 aromatic carbocycles. The third-order valence-corrected chi connectivity index (χ3v) is 4.14. The zero-order valence-corrected chi connectivity index (χ0v) is 17.5. The lowest BCUT2D eigenvalue weighted by Gasteiger charge is -2.29. The van der Waals surface area contributed by atoms with Gasteiger partial charge in [0, 0.05) is 19.8 Å². The first-order chi connectivity index (χ1) is 14.4. The Labute approximate surface area is 176 Å². The quantitative estimate of drug-likeness (QED) is 0.0779. The molecule has 1 amide bonds. The van der Waals surface area contributed by atoms with E-state index in [1.807, 2.05) is 44.2 Å². The van der Waals surface area contributed by atoms with Gasteiger partial charge in [-0.2, -0.15) is 0 Å². The van der Waals surface area contributed by atoms with Crippen LogP contribution >= 0.6 is 0 Å². The fraction of sp³-hybridized carbons (Fsp3) is 0.579. The fourth-order valence-corrected chi connectivity index (χ4v) is 2.86.